The van der Waals surface area contributed by atoms with Crippen molar-refractivity contribution in [2.45, 2.75) is 12.6 Å². The number of hydrogen-bond donors (Lipinski definition) is 0. The third-order valence-electron chi connectivity index (χ3n) is 4.16. The van der Waals surface area contributed by atoms with E-state index in [1.807, 2.05) is 0 Å². The Bertz CT molecular complexity index is 743. The Balaban J connectivity index is 1.71. The van der Waals surface area contributed by atoms with Gasteiger partial charge in [-0.1, -0.05) is 12.1 Å². The minimum atomic E-state index is -4.36. The van der Waals surface area contributed by atoms with E-state index in [0.29, 0.717) is 41.9 Å². The summed E-state index contributed by atoms with van der Waals surface area (Å²) >= 11 is 1.25. The Hall–Kier alpha value is -1.93. The van der Waals surface area contributed by atoms with E-state index in [-0.39, 0.29) is 5.91 Å². The molecule has 25 heavy (non-hydrogen) atoms. The summed E-state index contributed by atoms with van der Waals surface area (Å²) in [6.45, 7) is 1.93. The number of benzene rings is 1. The predicted molar refractivity (Wildman–Crippen MR) is 88.4 cm³/mol. The smallest absolute Gasteiger partial charge is 0.384 e. The highest BCUT2D eigenvalue weighted by molar-refractivity contribution is 7.13. The van der Waals surface area contributed by atoms with Gasteiger partial charge in [0.15, 0.2) is 0 Å². The van der Waals surface area contributed by atoms with Crippen LogP contribution in [0.4, 0.5) is 13.2 Å². The lowest BCUT2D eigenvalue weighted by Gasteiger charge is -2.14. The maximum absolute atomic E-state index is 12.6. The molecule has 8 heteroatoms. The van der Waals surface area contributed by atoms with E-state index in [1.165, 1.54) is 23.5 Å². The number of amides is 1. The molecular weight excluding hydrogens is 353 g/mol. The van der Waals surface area contributed by atoms with E-state index in [4.69, 9.17) is 4.74 Å². The number of methoxy groups -OCH3 is 1. The second-order valence-corrected chi connectivity index (χ2v) is 6.83. The maximum atomic E-state index is 12.6. The molecule has 0 spiro atoms. The minimum absolute atomic E-state index is 0.145. The number of aromatic nitrogens is 1. The van der Waals surface area contributed by atoms with Crippen molar-refractivity contribution in [1.82, 2.24) is 9.88 Å². The number of likely N-dealkylation sites (tertiary alicyclic amines) is 1. The summed E-state index contributed by atoms with van der Waals surface area (Å²) in [5.41, 5.74) is 0.194. The molecule has 0 radical (unpaired) electrons. The quantitative estimate of drug-likeness (QED) is 0.819. The molecule has 1 aliphatic heterocycles. The molecule has 1 atom stereocenters. The monoisotopic (exact) mass is 370 g/mol. The lowest BCUT2D eigenvalue weighted by atomic mass is 10.1. The first-order valence-corrected chi connectivity index (χ1v) is 8.68. The number of thiazole rings is 1. The summed E-state index contributed by atoms with van der Waals surface area (Å²) < 4.78 is 43.0. The molecule has 1 amide bonds. The van der Waals surface area contributed by atoms with Crippen LogP contribution in [-0.4, -0.2) is 42.6 Å². The number of carbonyl (C=O) groups is 1. The van der Waals surface area contributed by atoms with Gasteiger partial charge in [0.25, 0.3) is 5.91 Å². The maximum Gasteiger partial charge on any atom is 0.416 e. The molecule has 4 nitrogen and oxygen atoms in total. The van der Waals surface area contributed by atoms with Crippen LogP contribution in [0.3, 0.4) is 0 Å². The van der Waals surface area contributed by atoms with Crippen LogP contribution in [0.25, 0.3) is 10.6 Å². The van der Waals surface area contributed by atoms with Gasteiger partial charge in [-0.2, -0.15) is 13.2 Å². The molecule has 0 unspecified atom stereocenters. The van der Waals surface area contributed by atoms with Crippen LogP contribution in [0.5, 0.6) is 0 Å². The molecule has 2 aromatic rings. The first-order chi connectivity index (χ1) is 11.9. The zero-order valence-corrected chi connectivity index (χ0v) is 14.4. The summed E-state index contributed by atoms with van der Waals surface area (Å²) in [4.78, 5) is 18.6. The number of rotatable bonds is 4. The largest absolute Gasteiger partial charge is 0.416 e. The minimum Gasteiger partial charge on any atom is -0.384 e. The van der Waals surface area contributed by atoms with Gasteiger partial charge >= 0.3 is 6.18 Å². The predicted octanol–water partition coefficient (Wildman–Crippen LogP) is 3.94. The summed E-state index contributed by atoms with van der Waals surface area (Å²) in [6.07, 6.45) is -3.47. The van der Waals surface area contributed by atoms with Gasteiger partial charge in [0.05, 0.1) is 12.2 Å². The second-order valence-electron chi connectivity index (χ2n) is 5.97. The normalized spacial score (nSPS) is 17.9. The zero-order chi connectivity index (χ0) is 18.0. The van der Waals surface area contributed by atoms with E-state index >= 15 is 0 Å². The van der Waals surface area contributed by atoms with Crippen LogP contribution >= 0.6 is 11.3 Å². The summed E-state index contributed by atoms with van der Waals surface area (Å²) in [6, 6.07) is 4.79. The molecule has 0 saturated carbocycles. The van der Waals surface area contributed by atoms with Gasteiger partial charge in [-0.3, -0.25) is 4.79 Å². The van der Waals surface area contributed by atoms with Gasteiger partial charge in [-0.15, -0.1) is 11.3 Å². The third-order valence-corrected chi connectivity index (χ3v) is 5.05. The molecule has 3 rings (SSSR count). The summed E-state index contributed by atoms with van der Waals surface area (Å²) in [5.74, 6) is 0.190. The highest BCUT2D eigenvalue weighted by Crippen LogP contribution is 2.32. The van der Waals surface area contributed by atoms with Crippen LogP contribution in [0.1, 0.15) is 22.5 Å². The number of carbonyl (C=O) groups excluding carboxylic acids is 1. The van der Waals surface area contributed by atoms with Crippen molar-refractivity contribution in [2.24, 2.45) is 5.92 Å². The molecule has 134 valence electrons. The molecule has 1 aromatic carbocycles. The standard InChI is InChI=1S/C17H17F3N2O2S/c1-24-9-11-6-7-22(8-11)16(23)14-10-25-15(21-14)12-2-4-13(5-3-12)17(18,19)20/h2-5,10-11H,6-9H2,1H3/t11-/m1/s1. The molecule has 2 heterocycles. The van der Waals surface area contributed by atoms with Gasteiger partial charge in [-0.25, -0.2) is 4.98 Å². The zero-order valence-electron chi connectivity index (χ0n) is 13.5. The SMILES string of the molecule is COC[C@@H]1CCN(C(=O)c2csc(-c3ccc(C(F)(F)F)cc3)n2)C1. The van der Waals surface area contributed by atoms with Crippen LogP contribution in [-0.2, 0) is 10.9 Å². The molecule has 1 saturated heterocycles. The molecule has 0 bridgehead atoms. The first-order valence-electron chi connectivity index (χ1n) is 7.80. The van der Waals surface area contributed by atoms with Crippen molar-refractivity contribution < 1.29 is 22.7 Å². The Morgan fingerprint density at radius 1 is 1.36 bits per heavy atom. The third kappa shape index (κ3) is 4.01. The topological polar surface area (TPSA) is 42.4 Å². The Labute approximate surface area is 147 Å². The molecule has 0 aliphatic carbocycles. The lowest BCUT2D eigenvalue weighted by molar-refractivity contribution is -0.137. The van der Waals surface area contributed by atoms with Crippen molar-refractivity contribution in [3.63, 3.8) is 0 Å². The number of hydrogen-bond acceptors (Lipinski definition) is 4. The van der Waals surface area contributed by atoms with E-state index in [2.05, 4.69) is 4.98 Å². The fourth-order valence-electron chi connectivity index (χ4n) is 2.86. The Morgan fingerprint density at radius 3 is 2.72 bits per heavy atom. The van der Waals surface area contributed by atoms with Gasteiger partial charge in [0.2, 0.25) is 0 Å². The van der Waals surface area contributed by atoms with E-state index < -0.39 is 11.7 Å². The Morgan fingerprint density at radius 2 is 2.08 bits per heavy atom. The van der Waals surface area contributed by atoms with Gasteiger partial charge in [0.1, 0.15) is 10.7 Å². The molecular formula is C17H17F3N2O2S. The van der Waals surface area contributed by atoms with Crippen molar-refractivity contribution in [3.05, 3.63) is 40.9 Å². The van der Waals surface area contributed by atoms with Crippen molar-refractivity contribution in [2.75, 3.05) is 26.8 Å². The average molecular weight is 370 g/mol. The number of halogens is 3. The first kappa shape index (κ1) is 17.9. The molecule has 1 aromatic heterocycles. The van der Waals surface area contributed by atoms with Crippen molar-refractivity contribution >= 4 is 17.2 Å². The van der Waals surface area contributed by atoms with Gasteiger partial charge < -0.3 is 9.64 Å². The number of ether oxygens (including phenoxy) is 1. The second kappa shape index (κ2) is 7.13. The Kier molecular flexibility index (Phi) is 5.10. The van der Waals surface area contributed by atoms with Crippen LogP contribution in [0, 0.1) is 5.92 Å². The van der Waals surface area contributed by atoms with Crippen molar-refractivity contribution in [3.8, 4) is 10.6 Å². The van der Waals surface area contributed by atoms with Crippen LogP contribution < -0.4 is 0 Å². The van der Waals surface area contributed by atoms with E-state index in [0.717, 1.165) is 18.6 Å². The molecule has 1 aliphatic rings. The molecule has 0 N–H and O–H groups in total. The highest BCUT2D eigenvalue weighted by atomic mass is 32.1. The van der Waals surface area contributed by atoms with Gasteiger partial charge in [-0.05, 0) is 18.6 Å². The number of nitrogens with zero attached hydrogens (tertiary/aromatic N) is 2. The molecule has 1 fully saturated rings. The fourth-order valence-corrected chi connectivity index (χ4v) is 3.66. The van der Waals surface area contributed by atoms with Crippen molar-refractivity contribution in [1.29, 1.82) is 0 Å². The van der Waals surface area contributed by atoms with E-state index in [9.17, 15) is 18.0 Å². The van der Waals surface area contributed by atoms with Crippen LogP contribution in [0.15, 0.2) is 29.6 Å². The van der Waals surface area contributed by atoms with E-state index in [1.54, 1.807) is 17.4 Å². The van der Waals surface area contributed by atoms with Gasteiger partial charge in [0, 0.05) is 37.1 Å². The lowest BCUT2D eigenvalue weighted by Crippen LogP contribution is -2.29. The average Bonchev–Trinajstić information content (AvgIpc) is 3.23. The summed E-state index contributed by atoms with van der Waals surface area (Å²) in [7, 11) is 1.64. The fraction of sp³-hybridized carbons (Fsp3) is 0.412. The highest BCUT2D eigenvalue weighted by Gasteiger charge is 2.30. The summed E-state index contributed by atoms with van der Waals surface area (Å²) in [5, 5.41) is 2.18. The van der Waals surface area contributed by atoms with Crippen LogP contribution in [0.2, 0.25) is 0 Å². The number of alkyl halides is 3.